The summed E-state index contributed by atoms with van der Waals surface area (Å²) in [4.78, 5) is 48.2. The summed E-state index contributed by atoms with van der Waals surface area (Å²) in [5.41, 5.74) is 7.57. The van der Waals surface area contributed by atoms with Gasteiger partial charge in [-0.3, -0.25) is 9.59 Å². The molecule has 1 aromatic rings. The molecule has 0 spiro atoms. The van der Waals surface area contributed by atoms with Gasteiger partial charge in [0.25, 0.3) is 0 Å². The molecule has 0 fully saturated rings. The number of carbonyl (C=O) groups is 4. The number of amides is 2. The number of carboxylic acids is 1. The molecular weight excluding hydrogens is 450 g/mol. The molecule has 0 aromatic heterocycles. The summed E-state index contributed by atoms with van der Waals surface area (Å²) in [6.07, 6.45) is -1.61. The lowest BCUT2D eigenvalue weighted by atomic mass is 10.1. The topological polar surface area (TPSA) is 148 Å². The van der Waals surface area contributed by atoms with E-state index in [-0.39, 0.29) is 18.6 Å². The molecule has 33 heavy (non-hydrogen) atoms. The van der Waals surface area contributed by atoms with Crippen LogP contribution in [-0.2, 0) is 23.9 Å². The molecule has 2 atom stereocenters. The van der Waals surface area contributed by atoms with Crippen molar-refractivity contribution in [1.29, 1.82) is 0 Å². The molecule has 0 aliphatic heterocycles. The van der Waals surface area contributed by atoms with Crippen molar-refractivity contribution in [2.45, 2.75) is 51.3 Å². The Balaban J connectivity index is 3.10. The van der Waals surface area contributed by atoms with Gasteiger partial charge in [0, 0.05) is 17.7 Å². The van der Waals surface area contributed by atoms with Gasteiger partial charge in [0.15, 0.2) is 0 Å². The highest BCUT2D eigenvalue weighted by molar-refractivity contribution is 8.03. The third-order valence-electron chi connectivity index (χ3n) is 3.92. The summed E-state index contributed by atoms with van der Waals surface area (Å²) >= 11 is 1.08. The molecule has 0 saturated carbocycles. The van der Waals surface area contributed by atoms with Crippen LogP contribution < -0.4 is 11.2 Å². The third kappa shape index (κ3) is 10.8. The van der Waals surface area contributed by atoms with E-state index in [9.17, 15) is 24.3 Å². The standard InChI is InChI=1S/C22H29N3O7S/c1-22(2,3)32-21(30)25(17(19(27)28)10-11-18(23)26)24-16(20(29)31-4)14-33-13-12-15-8-6-5-7-9-15/h5-9,16-17,24H,10-11,14H2,1-4H3,(H2,23,26)(H,27,28)/t16-,17-/m0/s1. The van der Waals surface area contributed by atoms with Crippen LogP contribution in [0.4, 0.5) is 4.79 Å². The van der Waals surface area contributed by atoms with Crippen molar-refractivity contribution >= 4 is 35.7 Å². The van der Waals surface area contributed by atoms with Crippen LogP contribution in [0, 0.1) is 11.2 Å². The van der Waals surface area contributed by atoms with Crippen LogP contribution in [0.1, 0.15) is 39.2 Å². The van der Waals surface area contributed by atoms with Crippen molar-refractivity contribution in [3.8, 4) is 11.2 Å². The predicted molar refractivity (Wildman–Crippen MR) is 123 cm³/mol. The first-order valence-corrected chi connectivity index (χ1v) is 11.0. The molecule has 11 heteroatoms. The molecule has 0 bridgehead atoms. The number of aliphatic carboxylic acids is 1. The van der Waals surface area contributed by atoms with Gasteiger partial charge in [-0.2, -0.15) is 0 Å². The molecule has 0 aliphatic carbocycles. The van der Waals surface area contributed by atoms with Crippen molar-refractivity contribution in [3.63, 3.8) is 0 Å². The zero-order valence-corrected chi connectivity index (χ0v) is 19.8. The minimum atomic E-state index is -1.53. The fourth-order valence-electron chi connectivity index (χ4n) is 2.43. The predicted octanol–water partition coefficient (Wildman–Crippen LogP) is 1.73. The van der Waals surface area contributed by atoms with E-state index in [0.717, 1.165) is 24.4 Å². The van der Waals surface area contributed by atoms with Crippen LogP contribution in [0.15, 0.2) is 30.3 Å². The fraction of sp³-hybridized carbons (Fsp3) is 0.455. The highest BCUT2D eigenvalue weighted by Crippen LogP contribution is 2.15. The molecule has 0 saturated heterocycles. The van der Waals surface area contributed by atoms with Gasteiger partial charge < -0.3 is 20.3 Å². The normalized spacial score (nSPS) is 12.5. The number of hydrazine groups is 1. The monoisotopic (exact) mass is 479 g/mol. The zero-order chi connectivity index (χ0) is 25.0. The maximum Gasteiger partial charge on any atom is 0.425 e. The Labute approximate surface area is 197 Å². The largest absolute Gasteiger partial charge is 0.480 e. The minimum absolute atomic E-state index is 0.0357. The van der Waals surface area contributed by atoms with E-state index in [1.54, 1.807) is 20.8 Å². The SMILES string of the molecule is COC(=O)[C@H](CSC#Cc1ccccc1)NN(C(=O)OC(C)(C)C)[C@@H](CCC(N)=O)C(=O)O. The minimum Gasteiger partial charge on any atom is -0.480 e. The van der Waals surface area contributed by atoms with E-state index >= 15 is 0 Å². The van der Waals surface area contributed by atoms with Crippen LogP contribution >= 0.6 is 11.8 Å². The van der Waals surface area contributed by atoms with Crippen molar-refractivity contribution < 1.29 is 33.8 Å². The molecule has 0 heterocycles. The molecule has 10 nitrogen and oxygen atoms in total. The Hall–Kier alpha value is -3.23. The second-order valence-corrected chi connectivity index (χ2v) is 8.64. The number of thioether (sulfide) groups is 1. The molecule has 180 valence electrons. The molecule has 1 rings (SSSR count). The molecule has 4 N–H and O–H groups in total. The lowest BCUT2D eigenvalue weighted by Crippen LogP contribution is -2.59. The molecule has 0 radical (unpaired) electrons. The summed E-state index contributed by atoms with van der Waals surface area (Å²) in [5, 5.41) is 13.2. The van der Waals surface area contributed by atoms with Crippen molar-refractivity contribution in [1.82, 2.24) is 10.4 Å². The smallest absolute Gasteiger partial charge is 0.425 e. The number of ether oxygens (including phenoxy) is 2. The van der Waals surface area contributed by atoms with Gasteiger partial charge in [-0.15, -0.1) is 0 Å². The van der Waals surface area contributed by atoms with E-state index in [2.05, 4.69) is 16.6 Å². The van der Waals surface area contributed by atoms with Crippen molar-refractivity contribution in [3.05, 3.63) is 35.9 Å². The zero-order valence-electron chi connectivity index (χ0n) is 19.0. The fourth-order valence-corrected chi connectivity index (χ4v) is 3.08. The van der Waals surface area contributed by atoms with Crippen molar-refractivity contribution in [2.75, 3.05) is 12.9 Å². The Bertz CT molecular complexity index is 891. The molecular formula is C22H29N3O7S. The maximum atomic E-state index is 12.8. The van der Waals surface area contributed by atoms with Gasteiger partial charge in [0.05, 0.1) is 7.11 Å². The number of methoxy groups -OCH3 is 1. The summed E-state index contributed by atoms with van der Waals surface area (Å²) in [6.45, 7) is 4.82. The second-order valence-electron chi connectivity index (χ2n) is 7.82. The maximum absolute atomic E-state index is 12.8. The van der Waals surface area contributed by atoms with Crippen LogP contribution in [0.5, 0.6) is 0 Å². The van der Waals surface area contributed by atoms with Gasteiger partial charge in [-0.25, -0.2) is 20.0 Å². The van der Waals surface area contributed by atoms with Crippen molar-refractivity contribution in [2.24, 2.45) is 5.73 Å². The van der Waals surface area contributed by atoms with Crippen LogP contribution in [-0.4, -0.2) is 64.6 Å². The number of benzene rings is 1. The van der Waals surface area contributed by atoms with Gasteiger partial charge >= 0.3 is 18.0 Å². The number of carbonyl (C=O) groups excluding carboxylic acids is 3. The molecule has 0 aliphatic rings. The number of esters is 1. The number of nitrogens with zero attached hydrogens (tertiary/aromatic N) is 1. The summed E-state index contributed by atoms with van der Waals surface area (Å²) in [7, 11) is 1.16. The van der Waals surface area contributed by atoms with Gasteiger partial charge in [0.2, 0.25) is 5.91 Å². The summed E-state index contributed by atoms with van der Waals surface area (Å²) in [6, 6.07) is 6.52. The van der Waals surface area contributed by atoms with E-state index in [4.69, 9.17) is 15.2 Å². The van der Waals surface area contributed by atoms with Crippen LogP contribution in [0.2, 0.25) is 0 Å². The highest BCUT2D eigenvalue weighted by atomic mass is 32.2. The quantitative estimate of drug-likeness (QED) is 0.259. The van der Waals surface area contributed by atoms with Gasteiger partial charge in [-0.05, 0) is 44.6 Å². The lowest BCUT2D eigenvalue weighted by molar-refractivity contribution is -0.150. The van der Waals surface area contributed by atoms with Crippen LogP contribution in [0.25, 0.3) is 0 Å². The first-order chi connectivity index (χ1) is 15.4. The highest BCUT2D eigenvalue weighted by Gasteiger charge is 2.36. The number of hydrogen-bond acceptors (Lipinski definition) is 8. The lowest BCUT2D eigenvalue weighted by Gasteiger charge is -2.33. The number of primary amides is 1. The van der Waals surface area contributed by atoms with E-state index in [0.29, 0.717) is 5.01 Å². The Morgan fingerprint density at radius 1 is 1.21 bits per heavy atom. The first kappa shape index (κ1) is 27.8. The average Bonchev–Trinajstić information content (AvgIpc) is 2.73. The number of nitrogens with one attached hydrogen (secondary N) is 1. The van der Waals surface area contributed by atoms with Crippen LogP contribution in [0.3, 0.4) is 0 Å². The Morgan fingerprint density at radius 3 is 2.36 bits per heavy atom. The molecule has 0 unspecified atom stereocenters. The van der Waals surface area contributed by atoms with E-state index in [1.165, 1.54) is 0 Å². The number of carboxylic acid groups (broad SMARTS) is 1. The van der Waals surface area contributed by atoms with Gasteiger partial charge in [0.1, 0.15) is 17.7 Å². The number of hydrogen-bond donors (Lipinski definition) is 3. The summed E-state index contributed by atoms with van der Waals surface area (Å²) < 4.78 is 10.1. The first-order valence-electron chi connectivity index (χ1n) is 9.99. The number of rotatable bonds is 10. The van der Waals surface area contributed by atoms with E-state index in [1.807, 2.05) is 30.3 Å². The molecule has 1 aromatic carbocycles. The van der Waals surface area contributed by atoms with Gasteiger partial charge in [-0.1, -0.05) is 35.9 Å². The van der Waals surface area contributed by atoms with E-state index < -0.39 is 41.6 Å². The Morgan fingerprint density at radius 2 is 1.85 bits per heavy atom. The number of nitrogens with two attached hydrogens (primary N) is 1. The summed E-state index contributed by atoms with van der Waals surface area (Å²) in [5.74, 6) is 0.0744. The molecule has 2 amide bonds. The second kappa shape index (κ2) is 13.3. The average molecular weight is 480 g/mol. The Kier molecular flexibility index (Phi) is 11.2. The third-order valence-corrected chi connectivity index (χ3v) is 4.67.